The van der Waals surface area contributed by atoms with Crippen molar-refractivity contribution in [1.29, 1.82) is 0 Å². The van der Waals surface area contributed by atoms with Gasteiger partial charge in [-0.25, -0.2) is 13.1 Å². The number of fused-ring (bicyclic) bond motifs is 1. The minimum Gasteiger partial charge on any atom is -0.236 e. The van der Waals surface area contributed by atoms with E-state index in [0.717, 1.165) is 55.5 Å². The van der Waals surface area contributed by atoms with Crippen LogP contribution in [0.2, 0.25) is 5.02 Å². The van der Waals surface area contributed by atoms with Gasteiger partial charge < -0.3 is 0 Å². The van der Waals surface area contributed by atoms with Crippen LogP contribution in [-0.2, 0) is 22.7 Å². The number of rotatable bonds is 4. The Kier molecular flexibility index (Phi) is 4.33. The zero-order valence-electron chi connectivity index (χ0n) is 15.4. The van der Waals surface area contributed by atoms with Crippen LogP contribution < -0.4 is 0 Å². The summed E-state index contributed by atoms with van der Waals surface area (Å²) in [6, 6.07) is 15.0. The first-order valence-electron chi connectivity index (χ1n) is 9.76. The van der Waals surface area contributed by atoms with Crippen molar-refractivity contribution in [3.05, 3.63) is 64.8 Å². The minimum atomic E-state index is -3.31. The van der Waals surface area contributed by atoms with E-state index >= 15 is 0 Å². The molecule has 1 fully saturated rings. The average Bonchev–Trinajstić information content (AvgIpc) is 3.51. The Morgan fingerprint density at radius 2 is 1.68 bits per heavy atom. The Labute approximate surface area is 170 Å². The number of aromatic nitrogens is 2. The van der Waals surface area contributed by atoms with Crippen LogP contribution in [0, 0.1) is 0 Å². The fraction of sp³-hybridized carbons (Fsp3) is 0.318. The summed E-state index contributed by atoms with van der Waals surface area (Å²) in [4.78, 5) is 0.399. The van der Waals surface area contributed by atoms with Gasteiger partial charge in [0.15, 0.2) is 9.84 Å². The Morgan fingerprint density at radius 3 is 2.43 bits per heavy atom. The standard InChI is InChI=1S/C22H21ClN2O2S/c23-16-11-9-15(10-12-16)22-18-5-1-2-6-19(18)25(24-22)20-7-3-4-8-21(20)28(26,27)17-13-14-17/h3-4,7-12,17H,1-2,5-6,13-14H2. The summed E-state index contributed by atoms with van der Waals surface area (Å²) in [6.45, 7) is 0. The summed E-state index contributed by atoms with van der Waals surface area (Å²) in [6.07, 6.45) is 5.60. The molecule has 1 aromatic heterocycles. The topological polar surface area (TPSA) is 52.0 Å². The lowest BCUT2D eigenvalue weighted by Crippen LogP contribution is -2.14. The molecular weight excluding hydrogens is 392 g/mol. The van der Waals surface area contributed by atoms with Gasteiger partial charge in [-0.3, -0.25) is 0 Å². The molecule has 0 atom stereocenters. The highest BCUT2D eigenvalue weighted by Crippen LogP contribution is 2.38. The molecule has 4 nitrogen and oxygen atoms in total. The van der Waals surface area contributed by atoms with Crippen LogP contribution >= 0.6 is 11.6 Å². The summed E-state index contributed by atoms with van der Waals surface area (Å²) in [5.41, 5.74) is 4.99. The number of sulfone groups is 1. The van der Waals surface area contributed by atoms with Gasteiger partial charge in [0.2, 0.25) is 0 Å². The molecule has 2 aromatic carbocycles. The summed E-state index contributed by atoms with van der Waals surface area (Å²) < 4.78 is 27.9. The van der Waals surface area contributed by atoms with Crippen LogP contribution in [0.5, 0.6) is 0 Å². The molecule has 144 valence electrons. The van der Waals surface area contributed by atoms with Crippen LogP contribution in [0.4, 0.5) is 0 Å². The summed E-state index contributed by atoms with van der Waals surface area (Å²) in [7, 11) is -3.31. The van der Waals surface area contributed by atoms with Gasteiger partial charge in [-0.05, 0) is 62.8 Å². The maximum Gasteiger partial charge on any atom is 0.183 e. The van der Waals surface area contributed by atoms with Crippen molar-refractivity contribution in [2.45, 2.75) is 48.7 Å². The fourth-order valence-corrected chi connectivity index (χ4v) is 6.02. The molecule has 2 aliphatic rings. The van der Waals surface area contributed by atoms with E-state index in [2.05, 4.69) is 0 Å². The maximum atomic E-state index is 13.0. The largest absolute Gasteiger partial charge is 0.236 e. The number of nitrogens with zero attached hydrogens (tertiary/aromatic N) is 2. The highest BCUT2D eigenvalue weighted by atomic mass is 35.5. The van der Waals surface area contributed by atoms with Crippen LogP contribution in [-0.4, -0.2) is 23.4 Å². The van der Waals surface area contributed by atoms with Crippen molar-refractivity contribution in [3.63, 3.8) is 0 Å². The second-order valence-corrected chi connectivity index (χ2v) is 10.2. The van der Waals surface area contributed by atoms with Gasteiger partial charge in [0.25, 0.3) is 0 Å². The van der Waals surface area contributed by atoms with E-state index in [9.17, 15) is 8.42 Å². The molecule has 0 bridgehead atoms. The third-order valence-corrected chi connectivity index (χ3v) is 8.22. The first-order chi connectivity index (χ1) is 13.6. The third-order valence-electron chi connectivity index (χ3n) is 5.66. The van der Waals surface area contributed by atoms with Crippen LogP contribution in [0.25, 0.3) is 16.9 Å². The van der Waals surface area contributed by atoms with E-state index in [1.54, 1.807) is 12.1 Å². The van der Waals surface area contributed by atoms with Crippen LogP contribution in [0.1, 0.15) is 36.9 Å². The zero-order valence-corrected chi connectivity index (χ0v) is 17.0. The first kappa shape index (κ1) is 18.0. The molecule has 0 N–H and O–H groups in total. The highest BCUT2D eigenvalue weighted by Gasteiger charge is 2.39. The second-order valence-electron chi connectivity index (χ2n) is 7.61. The summed E-state index contributed by atoms with van der Waals surface area (Å²) in [5.74, 6) is 0. The van der Waals surface area contributed by atoms with E-state index in [1.165, 1.54) is 5.56 Å². The van der Waals surface area contributed by atoms with E-state index in [1.807, 2.05) is 41.1 Å². The van der Waals surface area contributed by atoms with Gasteiger partial charge in [-0.15, -0.1) is 0 Å². The molecule has 0 saturated heterocycles. The number of hydrogen-bond acceptors (Lipinski definition) is 3. The van der Waals surface area contributed by atoms with Crippen molar-refractivity contribution >= 4 is 21.4 Å². The smallest absolute Gasteiger partial charge is 0.183 e. The lowest BCUT2D eigenvalue weighted by molar-refractivity contribution is 0.592. The monoisotopic (exact) mass is 412 g/mol. The third kappa shape index (κ3) is 2.97. The minimum absolute atomic E-state index is 0.240. The van der Waals surface area contributed by atoms with Crippen LogP contribution in [0.3, 0.4) is 0 Å². The SMILES string of the molecule is O=S(=O)(c1ccccc1-n1nc(-c2ccc(Cl)cc2)c2c1CCCC2)C1CC1. The maximum absolute atomic E-state index is 13.0. The Balaban J connectivity index is 1.71. The first-order valence-corrected chi connectivity index (χ1v) is 11.7. The van der Waals surface area contributed by atoms with Crippen LogP contribution in [0.15, 0.2) is 53.4 Å². The van der Waals surface area contributed by atoms with Gasteiger partial charge in [0.05, 0.1) is 21.5 Å². The predicted molar refractivity (Wildman–Crippen MR) is 111 cm³/mol. The zero-order chi connectivity index (χ0) is 19.3. The van der Waals surface area contributed by atoms with E-state index in [0.29, 0.717) is 15.6 Å². The van der Waals surface area contributed by atoms with Gasteiger partial charge in [0, 0.05) is 21.8 Å². The number of para-hydroxylation sites is 1. The molecule has 0 amide bonds. The molecule has 1 saturated carbocycles. The molecule has 6 heteroatoms. The van der Waals surface area contributed by atoms with Gasteiger partial charge >= 0.3 is 0 Å². The lowest BCUT2D eigenvalue weighted by atomic mass is 9.93. The normalized spacial score (nSPS) is 16.8. The van der Waals surface area contributed by atoms with Crippen molar-refractivity contribution in [3.8, 4) is 16.9 Å². The molecule has 0 radical (unpaired) electrons. The molecule has 2 aliphatic carbocycles. The predicted octanol–water partition coefficient (Wildman–Crippen LogP) is 5.01. The molecule has 3 aromatic rings. The number of halogens is 1. The molecule has 0 spiro atoms. The molecular formula is C22H21ClN2O2S. The van der Waals surface area contributed by atoms with Crippen molar-refractivity contribution in [1.82, 2.24) is 9.78 Å². The molecule has 1 heterocycles. The summed E-state index contributed by atoms with van der Waals surface area (Å²) >= 11 is 6.06. The van der Waals surface area contributed by atoms with Gasteiger partial charge in [-0.1, -0.05) is 35.9 Å². The van der Waals surface area contributed by atoms with Gasteiger partial charge in [-0.2, -0.15) is 5.10 Å². The lowest BCUT2D eigenvalue weighted by Gasteiger charge is -2.16. The van der Waals surface area contributed by atoms with Gasteiger partial charge in [0.1, 0.15) is 0 Å². The Bertz CT molecular complexity index is 1150. The molecule has 28 heavy (non-hydrogen) atoms. The highest BCUT2D eigenvalue weighted by molar-refractivity contribution is 7.92. The average molecular weight is 413 g/mol. The quantitative estimate of drug-likeness (QED) is 0.605. The Hall–Kier alpha value is -2.11. The van der Waals surface area contributed by atoms with Crippen molar-refractivity contribution in [2.75, 3.05) is 0 Å². The summed E-state index contributed by atoms with van der Waals surface area (Å²) in [5, 5.41) is 5.38. The Morgan fingerprint density at radius 1 is 0.964 bits per heavy atom. The van der Waals surface area contributed by atoms with E-state index in [-0.39, 0.29) is 5.25 Å². The number of hydrogen-bond donors (Lipinski definition) is 0. The van der Waals surface area contributed by atoms with E-state index in [4.69, 9.17) is 16.7 Å². The second kappa shape index (κ2) is 6.75. The van der Waals surface area contributed by atoms with Crippen molar-refractivity contribution in [2.24, 2.45) is 0 Å². The van der Waals surface area contributed by atoms with Crippen molar-refractivity contribution < 1.29 is 8.42 Å². The molecule has 0 unspecified atom stereocenters. The fourth-order valence-electron chi connectivity index (χ4n) is 4.07. The number of benzene rings is 2. The van der Waals surface area contributed by atoms with E-state index < -0.39 is 9.84 Å². The molecule has 0 aliphatic heterocycles. The molecule has 5 rings (SSSR count).